The maximum Gasteiger partial charge on any atom is 0.222 e. The number of carbonyl (C=O) groups is 1. The van der Waals surface area contributed by atoms with Crippen molar-refractivity contribution in [1.29, 1.82) is 0 Å². The van der Waals surface area contributed by atoms with Crippen LogP contribution in [-0.2, 0) is 9.53 Å². The van der Waals surface area contributed by atoms with Crippen LogP contribution < -0.4 is 0 Å². The summed E-state index contributed by atoms with van der Waals surface area (Å²) in [4.78, 5) is 16.9. The van der Waals surface area contributed by atoms with E-state index in [1.165, 1.54) is 0 Å². The van der Waals surface area contributed by atoms with Gasteiger partial charge in [-0.3, -0.25) is 4.79 Å². The first-order valence-corrected chi connectivity index (χ1v) is 8.74. The smallest absolute Gasteiger partial charge is 0.222 e. The van der Waals surface area contributed by atoms with Crippen molar-refractivity contribution in [3.8, 4) is 0 Å². The molecule has 4 nitrogen and oxygen atoms in total. The molecule has 0 aromatic rings. The van der Waals surface area contributed by atoms with Crippen molar-refractivity contribution in [2.24, 2.45) is 5.92 Å². The van der Waals surface area contributed by atoms with Crippen LogP contribution in [0.3, 0.4) is 0 Å². The van der Waals surface area contributed by atoms with Gasteiger partial charge in [0.15, 0.2) is 0 Å². The monoisotopic (exact) mass is 296 g/mol. The van der Waals surface area contributed by atoms with E-state index in [1.807, 2.05) is 0 Å². The molecule has 0 N–H and O–H groups in total. The Balaban J connectivity index is 1.67. The Morgan fingerprint density at radius 3 is 2.24 bits per heavy atom. The number of hydrogen-bond acceptors (Lipinski definition) is 3. The number of ether oxygens (including phenoxy) is 1. The summed E-state index contributed by atoms with van der Waals surface area (Å²) in [5, 5.41) is 0. The van der Waals surface area contributed by atoms with Gasteiger partial charge in [0.1, 0.15) is 0 Å². The van der Waals surface area contributed by atoms with Gasteiger partial charge >= 0.3 is 0 Å². The molecule has 1 saturated heterocycles. The van der Waals surface area contributed by atoms with E-state index < -0.39 is 0 Å². The third-order valence-corrected chi connectivity index (χ3v) is 4.89. The van der Waals surface area contributed by atoms with E-state index in [2.05, 4.69) is 30.6 Å². The molecule has 0 atom stereocenters. The zero-order valence-electron chi connectivity index (χ0n) is 14.0. The first-order chi connectivity index (χ1) is 10.1. The van der Waals surface area contributed by atoms with Gasteiger partial charge < -0.3 is 14.5 Å². The molecule has 0 bridgehead atoms. The van der Waals surface area contributed by atoms with Crippen LogP contribution >= 0.6 is 0 Å². The molecule has 2 fully saturated rings. The number of likely N-dealkylation sites (N-methyl/N-ethyl adjacent to an activating group) is 1. The normalized spacial score (nSPS) is 28.1. The molecule has 1 heterocycles. The number of nitrogens with zero attached hydrogens (tertiary/aromatic N) is 2. The highest BCUT2D eigenvalue weighted by molar-refractivity contribution is 5.76. The van der Waals surface area contributed by atoms with Gasteiger partial charge in [-0.1, -0.05) is 6.92 Å². The summed E-state index contributed by atoms with van der Waals surface area (Å²) in [5.74, 6) is 0.952. The molecule has 0 spiro atoms. The number of amides is 1. The van der Waals surface area contributed by atoms with Gasteiger partial charge in [-0.15, -0.1) is 0 Å². The Labute approximate surface area is 129 Å². The van der Waals surface area contributed by atoms with E-state index in [9.17, 15) is 4.79 Å². The van der Waals surface area contributed by atoms with Crippen LogP contribution in [0.1, 0.15) is 52.9 Å². The molecule has 0 aromatic carbocycles. The van der Waals surface area contributed by atoms with Crippen molar-refractivity contribution < 1.29 is 9.53 Å². The van der Waals surface area contributed by atoms with Gasteiger partial charge in [0, 0.05) is 32.6 Å². The molecule has 21 heavy (non-hydrogen) atoms. The molecule has 1 saturated carbocycles. The van der Waals surface area contributed by atoms with Gasteiger partial charge in [0.25, 0.3) is 0 Å². The highest BCUT2D eigenvalue weighted by atomic mass is 16.5. The standard InChI is InChI=1S/C17H32N2O2/c1-4-18-9-11-19(12-10-18)17(20)13-15-5-7-16(8-6-15)21-14(2)3/h14-16H,4-13H2,1-3H3. The van der Waals surface area contributed by atoms with E-state index >= 15 is 0 Å². The number of rotatable bonds is 5. The van der Waals surface area contributed by atoms with Crippen LogP contribution in [0.25, 0.3) is 0 Å². The first kappa shape index (κ1) is 16.8. The second-order valence-electron chi connectivity index (χ2n) is 6.85. The lowest BCUT2D eigenvalue weighted by atomic mass is 9.85. The van der Waals surface area contributed by atoms with Crippen molar-refractivity contribution in [2.45, 2.75) is 65.1 Å². The largest absolute Gasteiger partial charge is 0.376 e. The quantitative estimate of drug-likeness (QED) is 0.781. The van der Waals surface area contributed by atoms with E-state index in [0.717, 1.165) is 64.8 Å². The topological polar surface area (TPSA) is 32.8 Å². The summed E-state index contributed by atoms with van der Waals surface area (Å²) in [6, 6.07) is 0. The van der Waals surface area contributed by atoms with Gasteiger partial charge in [-0.05, 0) is 52.0 Å². The molecule has 0 radical (unpaired) electrons. The molecule has 1 amide bonds. The fourth-order valence-electron chi connectivity index (χ4n) is 3.55. The SMILES string of the molecule is CCN1CCN(C(=O)CC2CCC(OC(C)C)CC2)CC1. The fourth-order valence-corrected chi connectivity index (χ4v) is 3.55. The fraction of sp³-hybridized carbons (Fsp3) is 0.941. The third kappa shape index (κ3) is 5.26. The summed E-state index contributed by atoms with van der Waals surface area (Å²) in [6.07, 6.45) is 6.04. The maximum atomic E-state index is 12.4. The average Bonchev–Trinajstić information content (AvgIpc) is 2.49. The predicted octanol–water partition coefficient (Wildman–Crippen LogP) is 2.52. The van der Waals surface area contributed by atoms with E-state index in [4.69, 9.17) is 4.74 Å². The van der Waals surface area contributed by atoms with E-state index in [1.54, 1.807) is 0 Å². The molecule has 0 aromatic heterocycles. The van der Waals surface area contributed by atoms with E-state index in [0.29, 0.717) is 24.0 Å². The van der Waals surface area contributed by atoms with Crippen LogP contribution in [-0.4, -0.2) is 60.6 Å². The van der Waals surface area contributed by atoms with Gasteiger partial charge in [0.2, 0.25) is 5.91 Å². The Morgan fingerprint density at radius 1 is 1.10 bits per heavy atom. The number of hydrogen-bond donors (Lipinski definition) is 0. The van der Waals surface area contributed by atoms with Gasteiger partial charge in [0.05, 0.1) is 12.2 Å². The molecule has 1 aliphatic carbocycles. The second kappa shape index (κ2) is 8.14. The molecule has 2 aliphatic rings. The Hall–Kier alpha value is -0.610. The Morgan fingerprint density at radius 2 is 1.71 bits per heavy atom. The van der Waals surface area contributed by atoms with Crippen LogP contribution in [0.5, 0.6) is 0 Å². The third-order valence-electron chi connectivity index (χ3n) is 4.89. The lowest BCUT2D eigenvalue weighted by molar-refractivity contribution is -0.134. The maximum absolute atomic E-state index is 12.4. The Kier molecular flexibility index (Phi) is 6.49. The zero-order chi connectivity index (χ0) is 15.2. The molecular formula is C17H32N2O2. The molecule has 2 rings (SSSR count). The first-order valence-electron chi connectivity index (χ1n) is 8.74. The minimum Gasteiger partial charge on any atom is -0.376 e. The molecule has 1 aliphatic heterocycles. The lowest BCUT2D eigenvalue weighted by Crippen LogP contribution is -2.48. The summed E-state index contributed by atoms with van der Waals surface area (Å²) >= 11 is 0. The minimum atomic E-state index is 0.322. The van der Waals surface area contributed by atoms with Crippen molar-refractivity contribution in [3.05, 3.63) is 0 Å². The van der Waals surface area contributed by atoms with Crippen LogP contribution in [0.4, 0.5) is 0 Å². The van der Waals surface area contributed by atoms with Crippen molar-refractivity contribution in [2.75, 3.05) is 32.7 Å². The molecule has 122 valence electrons. The van der Waals surface area contributed by atoms with Crippen LogP contribution in [0, 0.1) is 5.92 Å². The summed E-state index contributed by atoms with van der Waals surface area (Å²) in [6.45, 7) is 11.4. The van der Waals surface area contributed by atoms with Crippen LogP contribution in [0.2, 0.25) is 0 Å². The average molecular weight is 296 g/mol. The number of piperazine rings is 1. The predicted molar refractivity (Wildman–Crippen MR) is 85.3 cm³/mol. The number of carbonyl (C=O) groups excluding carboxylic acids is 1. The lowest BCUT2D eigenvalue weighted by Gasteiger charge is -2.35. The minimum absolute atomic E-state index is 0.322. The van der Waals surface area contributed by atoms with E-state index in [-0.39, 0.29) is 0 Å². The highest BCUT2D eigenvalue weighted by Crippen LogP contribution is 2.29. The molecule has 0 unspecified atom stereocenters. The van der Waals surface area contributed by atoms with Gasteiger partial charge in [-0.25, -0.2) is 0 Å². The highest BCUT2D eigenvalue weighted by Gasteiger charge is 2.27. The van der Waals surface area contributed by atoms with Crippen molar-refractivity contribution >= 4 is 5.91 Å². The summed E-state index contributed by atoms with van der Waals surface area (Å²) in [7, 11) is 0. The summed E-state index contributed by atoms with van der Waals surface area (Å²) < 4.78 is 5.88. The molecule has 4 heteroatoms. The summed E-state index contributed by atoms with van der Waals surface area (Å²) in [5.41, 5.74) is 0. The van der Waals surface area contributed by atoms with Gasteiger partial charge in [-0.2, -0.15) is 0 Å². The van der Waals surface area contributed by atoms with Crippen LogP contribution in [0.15, 0.2) is 0 Å². The molecular weight excluding hydrogens is 264 g/mol. The Bertz CT molecular complexity index is 317. The van der Waals surface area contributed by atoms with Crippen molar-refractivity contribution in [1.82, 2.24) is 9.80 Å². The second-order valence-corrected chi connectivity index (χ2v) is 6.85. The zero-order valence-corrected chi connectivity index (χ0v) is 14.0. The van der Waals surface area contributed by atoms with Crippen molar-refractivity contribution in [3.63, 3.8) is 0 Å².